The van der Waals surface area contributed by atoms with Crippen LogP contribution in [0.5, 0.6) is 0 Å². The SMILES string of the molecule is CC1=CC([Si](C)(C)C2C=CC=C2)c2scc(-c3ccc(C)o3)c21. The maximum absolute atomic E-state index is 5.89. The minimum atomic E-state index is -1.48. The minimum Gasteiger partial charge on any atom is -0.461 e. The maximum Gasteiger partial charge on any atom is 0.135 e. The monoisotopic (exact) mass is 338 g/mol. The summed E-state index contributed by atoms with van der Waals surface area (Å²) in [5.74, 6) is 1.99. The molecule has 1 unspecified atom stereocenters. The molecule has 4 rings (SSSR count). The second-order valence-corrected chi connectivity index (χ2v) is 13.1. The molecule has 0 aromatic carbocycles. The summed E-state index contributed by atoms with van der Waals surface area (Å²) in [5, 5.41) is 2.29. The Labute approximate surface area is 143 Å². The molecular weight excluding hydrogens is 316 g/mol. The van der Waals surface area contributed by atoms with Crippen molar-refractivity contribution in [2.24, 2.45) is 0 Å². The number of aryl methyl sites for hydroxylation is 1. The van der Waals surface area contributed by atoms with E-state index in [0.29, 0.717) is 11.1 Å². The third-order valence-corrected chi connectivity index (χ3v) is 10.8. The summed E-state index contributed by atoms with van der Waals surface area (Å²) in [5.41, 5.74) is 5.36. The summed E-state index contributed by atoms with van der Waals surface area (Å²) >= 11 is 1.91. The van der Waals surface area contributed by atoms with E-state index in [2.05, 4.69) is 67.9 Å². The zero-order valence-corrected chi connectivity index (χ0v) is 15.9. The highest BCUT2D eigenvalue weighted by Gasteiger charge is 2.42. The molecule has 0 fully saturated rings. The fourth-order valence-electron chi connectivity index (χ4n) is 3.87. The molecule has 2 aliphatic rings. The van der Waals surface area contributed by atoms with Gasteiger partial charge >= 0.3 is 0 Å². The van der Waals surface area contributed by atoms with Crippen LogP contribution in [0.1, 0.15) is 28.7 Å². The highest BCUT2D eigenvalue weighted by atomic mass is 32.1. The summed E-state index contributed by atoms with van der Waals surface area (Å²) < 4.78 is 5.89. The number of hydrogen-bond acceptors (Lipinski definition) is 2. The van der Waals surface area contributed by atoms with Crippen LogP contribution in [0.25, 0.3) is 16.9 Å². The van der Waals surface area contributed by atoms with E-state index in [1.54, 1.807) is 4.88 Å². The van der Waals surface area contributed by atoms with Crippen molar-refractivity contribution in [3.63, 3.8) is 0 Å². The zero-order chi connectivity index (χ0) is 16.2. The summed E-state index contributed by atoms with van der Waals surface area (Å²) in [6, 6.07) is 4.15. The van der Waals surface area contributed by atoms with Crippen LogP contribution in [0, 0.1) is 6.92 Å². The van der Waals surface area contributed by atoms with Crippen molar-refractivity contribution >= 4 is 25.0 Å². The Balaban J connectivity index is 1.78. The van der Waals surface area contributed by atoms with Crippen LogP contribution in [-0.4, -0.2) is 8.07 Å². The van der Waals surface area contributed by atoms with Crippen LogP contribution in [0.4, 0.5) is 0 Å². The van der Waals surface area contributed by atoms with E-state index in [1.165, 1.54) is 16.7 Å². The second-order valence-electron chi connectivity index (χ2n) is 7.24. The van der Waals surface area contributed by atoms with Crippen LogP contribution in [0.3, 0.4) is 0 Å². The van der Waals surface area contributed by atoms with Gasteiger partial charge in [0, 0.05) is 26.9 Å². The van der Waals surface area contributed by atoms with Gasteiger partial charge in [-0.3, -0.25) is 0 Å². The minimum absolute atomic E-state index is 0.602. The Bertz CT molecular complexity index is 835. The van der Waals surface area contributed by atoms with Gasteiger partial charge in [-0.2, -0.15) is 0 Å². The number of hydrogen-bond donors (Lipinski definition) is 0. The Morgan fingerprint density at radius 2 is 1.83 bits per heavy atom. The van der Waals surface area contributed by atoms with Crippen LogP contribution < -0.4 is 0 Å². The largest absolute Gasteiger partial charge is 0.461 e. The molecule has 0 spiro atoms. The molecule has 0 N–H and O–H groups in total. The van der Waals surface area contributed by atoms with Crippen molar-refractivity contribution in [1.82, 2.24) is 0 Å². The molecular formula is C20H22OSSi. The third-order valence-electron chi connectivity index (χ3n) is 5.33. The Morgan fingerprint density at radius 3 is 2.48 bits per heavy atom. The molecule has 0 saturated heterocycles. The lowest BCUT2D eigenvalue weighted by atomic mass is 10.1. The molecule has 0 saturated carbocycles. The van der Waals surface area contributed by atoms with Crippen LogP contribution in [0.2, 0.25) is 18.6 Å². The van der Waals surface area contributed by atoms with E-state index in [-0.39, 0.29) is 0 Å². The van der Waals surface area contributed by atoms with Gasteiger partial charge in [0.2, 0.25) is 0 Å². The Hall–Kier alpha value is -1.58. The zero-order valence-electron chi connectivity index (χ0n) is 14.1. The van der Waals surface area contributed by atoms with E-state index < -0.39 is 8.07 Å². The molecule has 1 atom stereocenters. The van der Waals surface area contributed by atoms with Crippen molar-refractivity contribution in [3.8, 4) is 11.3 Å². The van der Waals surface area contributed by atoms with E-state index in [1.807, 2.05) is 18.3 Å². The van der Waals surface area contributed by atoms with Crippen LogP contribution >= 0.6 is 11.3 Å². The number of allylic oxidation sites excluding steroid dienone is 6. The third kappa shape index (κ3) is 2.25. The predicted octanol–water partition coefficient (Wildman–Crippen LogP) is 6.56. The van der Waals surface area contributed by atoms with Crippen molar-refractivity contribution in [2.75, 3.05) is 0 Å². The highest BCUT2D eigenvalue weighted by molar-refractivity contribution is 7.11. The second kappa shape index (κ2) is 5.22. The Kier molecular flexibility index (Phi) is 3.40. The predicted molar refractivity (Wildman–Crippen MR) is 103 cm³/mol. The van der Waals surface area contributed by atoms with Gasteiger partial charge in [-0.1, -0.05) is 43.5 Å². The number of rotatable bonds is 3. The molecule has 2 heterocycles. The molecule has 0 amide bonds. The number of thiophene rings is 1. The van der Waals surface area contributed by atoms with E-state index in [4.69, 9.17) is 4.42 Å². The smallest absolute Gasteiger partial charge is 0.135 e. The molecule has 0 radical (unpaired) electrons. The van der Waals surface area contributed by atoms with Gasteiger partial charge in [0.05, 0.1) is 8.07 Å². The van der Waals surface area contributed by atoms with Gasteiger partial charge in [0.25, 0.3) is 0 Å². The first-order chi connectivity index (χ1) is 11.0. The molecule has 2 aromatic rings. The molecule has 3 heteroatoms. The lowest BCUT2D eigenvalue weighted by Crippen LogP contribution is -2.36. The average molecular weight is 339 g/mol. The topological polar surface area (TPSA) is 13.1 Å². The van der Waals surface area contributed by atoms with Gasteiger partial charge in [-0.05, 0) is 37.1 Å². The lowest BCUT2D eigenvalue weighted by Gasteiger charge is -2.32. The number of furan rings is 1. The van der Waals surface area contributed by atoms with Crippen molar-refractivity contribution < 1.29 is 4.42 Å². The molecule has 23 heavy (non-hydrogen) atoms. The van der Waals surface area contributed by atoms with Crippen molar-refractivity contribution in [3.05, 3.63) is 64.1 Å². The summed E-state index contributed by atoms with van der Waals surface area (Å²) in [6.07, 6.45) is 11.7. The van der Waals surface area contributed by atoms with Gasteiger partial charge in [-0.15, -0.1) is 11.3 Å². The van der Waals surface area contributed by atoms with Gasteiger partial charge < -0.3 is 4.42 Å². The van der Waals surface area contributed by atoms with Crippen LogP contribution in [0.15, 0.2) is 52.3 Å². The summed E-state index contributed by atoms with van der Waals surface area (Å²) in [7, 11) is -1.48. The van der Waals surface area contributed by atoms with Crippen LogP contribution in [-0.2, 0) is 0 Å². The highest BCUT2D eigenvalue weighted by Crippen LogP contribution is 2.52. The standard InChI is InChI=1S/C20H22OSSi/c1-13-11-18(23(3,4)15-7-5-6-8-15)20-19(13)16(12-22-20)17-10-9-14(2)21-17/h5-12,15,18H,1-4H3. The quantitative estimate of drug-likeness (QED) is 0.577. The lowest BCUT2D eigenvalue weighted by molar-refractivity contribution is 0.548. The molecule has 2 aromatic heterocycles. The van der Waals surface area contributed by atoms with E-state index in [9.17, 15) is 0 Å². The van der Waals surface area contributed by atoms with Crippen molar-refractivity contribution in [1.29, 1.82) is 0 Å². The number of fused-ring (bicyclic) bond motifs is 1. The normalized spacial score (nSPS) is 20.3. The fraction of sp³-hybridized carbons (Fsp3) is 0.300. The molecule has 118 valence electrons. The average Bonchev–Trinajstić information content (AvgIpc) is 3.23. The van der Waals surface area contributed by atoms with Gasteiger partial charge in [0.1, 0.15) is 11.5 Å². The summed E-state index contributed by atoms with van der Waals surface area (Å²) in [4.78, 5) is 1.55. The molecule has 0 aliphatic heterocycles. The first-order valence-corrected chi connectivity index (χ1v) is 12.2. The first kappa shape index (κ1) is 15.0. The summed E-state index contributed by atoms with van der Waals surface area (Å²) in [6.45, 7) is 9.32. The molecule has 1 nitrogen and oxygen atoms in total. The molecule has 2 aliphatic carbocycles. The molecule has 0 bridgehead atoms. The van der Waals surface area contributed by atoms with Gasteiger partial charge in [-0.25, -0.2) is 0 Å². The maximum atomic E-state index is 5.89. The van der Waals surface area contributed by atoms with Crippen molar-refractivity contribution in [2.45, 2.75) is 38.0 Å². The fourth-order valence-corrected chi connectivity index (χ4v) is 9.19. The van der Waals surface area contributed by atoms with Gasteiger partial charge in [0.15, 0.2) is 0 Å². The van der Waals surface area contributed by atoms with E-state index in [0.717, 1.165) is 11.5 Å². The Morgan fingerprint density at radius 1 is 1.09 bits per heavy atom. The van der Waals surface area contributed by atoms with E-state index >= 15 is 0 Å². The first-order valence-electron chi connectivity index (χ1n) is 8.20.